The van der Waals surface area contributed by atoms with Crippen molar-refractivity contribution in [2.45, 2.75) is 81.9 Å². The fourth-order valence-electron chi connectivity index (χ4n) is 6.96. The van der Waals surface area contributed by atoms with E-state index >= 15 is 0 Å². The second-order valence-electron chi connectivity index (χ2n) is 12.5. The molecule has 0 radical (unpaired) electrons. The van der Waals surface area contributed by atoms with E-state index in [1.54, 1.807) is 13.0 Å². The van der Waals surface area contributed by atoms with Crippen molar-refractivity contribution in [2.75, 3.05) is 13.6 Å². The number of ether oxygens (including phenoxy) is 3. The predicted molar refractivity (Wildman–Crippen MR) is 156 cm³/mol. The fourth-order valence-corrected chi connectivity index (χ4v) is 6.96. The van der Waals surface area contributed by atoms with Gasteiger partial charge in [-0.1, -0.05) is 24.3 Å². The first-order valence-electron chi connectivity index (χ1n) is 14.6. The summed E-state index contributed by atoms with van der Waals surface area (Å²) in [4.78, 5) is 26.9. The zero-order valence-electron chi connectivity index (χ0n) is 24.4. The molecule has 2 saturated heterocycles. The van der Waals surface area contributed by atoms with Crippen molar-refractivity contribution < 1.29 is 28.5 Å². The van der Waals surface area contributed by atoms with E-state index in [2.05, 4.69) is 5.32 Å². The minimum absolute atomic E-state index is 0.0965. The number of carbonyl (C=O) groups is 1. The van der Waals surface area contributed by atoms with Crippen LogP contribution in [-0.2, 0) is 20.7 Å². The topological polar surface area (TPSA) is 163 Å². The average Bonchev–Trinajstić information content (AvgIpc) is 3.60. The predicted octanol–water partition coefficient (Wildman–Crippen LogP) is 3.29. The third kappa shape index (κ3) is 4.86. The highest BCUT2D eigenvalue weighted by Gasteiger charge is 2.65. The molecule has 0 amide bonds. The van der Waals surface area contributed by atoms with E-state index in [9.17, 15) is 14.7 Å². The summed E-state index contributed by atoms with van der Waals surface area (Å²) in [6, 6.07) is 10.7. The van der Waals surface area contributed by atoms with Gasteiger partial charge in [0.05, 0.1) is 6.17 Å². The first-order valence-corrected chi connectivity index (χ1v) is 14.6. The summed E-state index contributed by atoms with van der Waals surface area (Å²) in [6.07, 6.45) is 0.641. The first-order chi connectivity index (χ1) is 19.9. The summed E-state index contributed by atoms with van der Waals surface area (Å²) in [6.45, 7) is 6.13. The molecule has 3 aliphatic heterocycles. The van der Waals surface area contributed by atoms with Crippen LogP contribution >= 0.6 is 0 Å². The second-order valence-corrected chi connectivity index (χ2v) is 12.5. The van der Waals surface area contributed by atoms with Gasteiger partial charge in [-0.2, -0.15) is 0 Å². The monoisotopic (exact) mass is 577 g/mol. The highest BCUT2D eigenvalue weighted by molar-refractivity contribution is 5.88. The number of aryl methyl sites for hydroxylation is 1. The molecule has 2 fully saturated rings. The third-order valence-electron chi connectivity index (χ3n) is 9.07. The number of esters is 1. The average molecular weight is 578 g/mol. The number of hydrogen-bond donors (Lipinski definition) is 4. The normalized spacial score (nSPS) is 28.3. The van der Waals surface area contributed by atoms with Crippen LogP contribution < -0.4 is 26.9 Å². The molecule has 42 heavy (non-hydrogen) atoms. The van der Waals surface area contributed by atoms with Gasteiger partial charge in [-0.05, 0) is 70.7 Å². The highest BCUT2D eigenvalue weighted by atomic mass is 16.7. The van der Waals surface area contributed by atoms with E-state index in [0.717, 1.165) is 11.1 Å². The molecule has 10 heteroatoms. The van der Waals surface area contributed by atoms with Crippen LogP contribution in [0.15, 0.2) is 45.6 Å². The summed E-state index contributed by atoms with van der Waals surface area (Å²) < 4.78 is 24.7. The molecular formula is C32H39N3O7. The zero-order valence-corrected chi connectivity index (χ0v) is 24.4. The number of phenols is 1. The lowest BCUT2D eigenvalue weighted by molar-refractivity contribution is -0.170. The maximum absolute atomic E-state index is 14.0. The minimum Gasteiger partial charge on any atom is -0.507 e. The Labute approximate surface area is 244 Å². The molecule has 6 N–H and O–H groups in total. The van der Waals surface area contributed by atoms with Gasteiger partial charge in [-0.25, -0.2) is 4.79 Å². The van der Waals surface area contributed by atoms with E-state index < -0.39 is 35.4 Å². The Hall–Kier alpha value is -3.44. The number of rotatable bonds is 5. The van der Waals surface area contributed by atoms with Gasteiger partial charge in [0.1, 0.15) is 46.0 Å². The Morgan fingerprint density at radius 2 is 1.95 bits per heavy atom. The number of phenolic OH excluding ortho intramolecular Hbond substituents is 1. The van der Waals surface area contributed by atoms with Crippen molar-refractivity contribution in [3.8, 4) is 11.5 Å². The molecule has 6 rings (SSSR count). The van der Waals surface area contributed by atoms with Crippen LogP contribution in [0.25, 0.3) is 11.0 Å². The molecule has 3 aromatic rings. The van der Waals surface area contributed by atoms with Crippen LogP contribution in [0.5, 0.6) is 11.5 Å². The fraction of sp³-hybridized carbons (Fsp3) is 0.500. The van der Waals surface area contributed by atoms with Crippen molar-refractivity contribution in [1.29, 1.82) is 0 Å². The van der Waals surface area contributed by atoms with Crippen molar-refractivity contribution >= 4 is 16.9 Å². The molecule has 1 aromatic heterocycles. The van der Waals surface area contributed by atoms with E-state index in [1.807, 2.05) is 45.2 Å². The lowest BCUT2D eigenvalue weighted by Gasteiger charge is -2.45. The van der Waals surface area contributed by atoms with Gasteiger partial charge in [0.2, 0.25) is 0 Å². The van der Waals surface area contributed by atoms with E-state index in [1.165, 1.54) is 6.07 Å². The van der Waals surface area contributed by atoms with Gasteiger partial charge in [0.15, 0.2) is 11.0 Å². The van der Waals surface area contributed by atoms with Gasteiger partial charge in [0, 0.05) is 30.0 Å². The van der Waals surface area contributed by atoms with E-state index in [0.29, 0.717) is 49.3 Å². The van der Waals surface area contributed by atoms with Gasteiger partial charge in [-0.3, -0.25) is 4.79 Å². The van der Waals surface area contributed by atoms with Crippen LogP contribution in [-0.4, -0.2) is 48.1 Å². The summed E-state index contributed by atoms with van der Waals surface area (Å²) in [5.41, 5.74) is 11.9. The molecular weight excluding hydrogens is 538 g/mol. The van der Waals surface area contributed by atoms with Crippen LogP contribution in [0.4, 0.5) is 0 Å². The maximum atomic E-state index is 14.0. The van der Waals surface area contributed by atoms with Gasteiger partial charge < -0.3 is 40.5 Å². The Bertz CT molecular complexity index is 1600. The second kappa shape index (κ2) is 10.4. The number of carbonyl (C=O) groups excluding carboxylic acids is 1. The smallest absolute Gasteiger partial charge is 0.341 e. The number of nitrogens with two attached hydrogens (primary N) is 2. The highest BCUT2D eigenvalue weighted by Crippen LogP contribution is 2.54. The number of fused-ring (bicyclic) bond motifs is 4. The Kier molecular flexibility index (Phi) is 7.08. The van der Waals surface area contributed by atoms with Crippen LogP contribution in [0.3, 0.4) is 0 Å². The summed E-state index contributed by atoms with van der Waals surface area (Å²) in [5.74, 6) is -0.0583. The van der Waals surface area contributed by atoms with Crippen LogP contribution in [0.1, 0.15) is 67.6 Å². The molecule has 10 nitrogen and oxygen atoms in total. The lowest BCUT2D eigenvalue weighted by atomic mass is 9.75. The minimum atomic E-state index is -1.08. The molecule has 0 saturated carbocycles. The molecule has 0 unspecified atom stereocenters. The Balaban J connectivity index is 1.39. The van der Waals surface area contributed by atoms with E-state index in [-0.39, 0.29) is 34.2 Å². The van der Waals surface area contributed by atoms with Crippen LogP contribution in [0, 0.1) is 12.8 Å². The molecule has 2 aromatic carbocycles. The lowest BCUT2D eigenvalue weighted by Crippen LogP contribution is -2.52. The summed E-state index contributed by atoms with van der Waals surface area (Å²) in [7, 11) is 1.90. The van der Waals surface area contributed by atoms with Crippen molar-refractivity contribution in [3.05, 3.63) is 69.1 Å². The standard InChI is InChI=1S/C32H39N3O7/c1-16-10-21(36)26-22(39-16)14-23-25(27(26)37)20-12-18(15-35-4)8-9-32(30(38)40-28(20)31(2,3)41-23)24(42-32)13-17-6-5-7-19(11-17)29(33)34/h5-7,10-11,14,18,20,24,28-29,35,37H,8-9,12-13,15,33-34H2,1-4H3/t18-,20+,24-,28-,32+/m1/s1. The molecule has 4 heterocycles. The van der Waals surface area contributed by atoms with E-state index in [4.69, 9.17) is 30.1 Å². The van der Waals surface area contributed by atoms with Gasteiger partial charge in [-0.15, -0.1) is 0 Å². The Morgan fingerprint density at radius 1 is 1.17 bits per heavy atom. The van der Waals surface area contributed by atoms with Gasteiger partial charge in [0.25, 0.3) is 0 Å². The van der Waals surface area contributed by atoms with Gasteiger partial charge >= 0.3 is 5.97 Å². The molecule has 0 bridgehead atoms. The zero-order chi connectivity index (χ0) is 30.0. The third-order valence-corrected chi connectivity index (χ3v) is 9.07. The Morgan fingerprint density at radius 3 is 2.69 bits per heavy atom. The molecule has 0 aliphatic carbocycles. The number of benzene rings is 2. The number of nitrogens with one attached hydrogen (secondary N) is 1. The van der Waals surface area contributed by atoms with Crippen molar-refractivity contribution in [1.82, 2.24) is 5.32 Å². The molecule has 5 atom stereocenters. The first kappa shape index (κ1) is 28.7. The largest absolute Gasteiger partial charge is 0.507 e. The maximum Gasteiger partial charge on any atom is 0.341 e. The SMILES string of the molecule is CNC[C@@H]1CC[C@@]2(O[C@@H]2Cc2cccc(C(N)N)c2)C(=O)O[C@@H]2[C@@H](C1)c1c(cc3oc(C)cc(=O)c3c1O)OC2(C)C. The quantitative estimate of drug-likeness (QED) is 0.201. The summed E-state index contributed by atoms with van der Waals surface area (Å²) in [5, 5.41) is 14.9. The number of epoxide rings is 1. The van der Waals surface area contributed by atoms with Crippen LogP contribution in [0.2, 0.25) is 0 Å². The molecule has 224 valence electrons. The van der Waals surface area contributed by atoms with Crippen molar-refractivity contribution in [3.63, 3.8) is 0 Å². The van der Waals surface area contributed by atoms with Crippen molar-refractivity contribution in [2.24, 2.45) is 17.4 Å². The molecule has 3 aliphatic rings. The molecule has 1 spiro atoms. The number of hydrogen-bond acceptors (Lipinski definition) is 10. The summed E-state index contributed by atoms with van der Waals surface area (Å²) >= 11 is 0. The number of aromatic hydroxyl groups is 1.